The van der Waals surface area contributed by atoms with Crippen molar-refractivity contribution in [2.24, 2.45) is 0 Å². The summed E-state index contributed by atoms with van der Waals surface area (Å²) in [5, 5.41) is 24.3. The van der Waals surface area contributed by atoms with E-state index in [0.717, 1.165) is 24.5 Å². The number of nitrogens with zero attached hydrogens (tertiary/aromatic N) is 7. The van der Waals surface area contributed by atoms with Crippen LogP contribution in [0, 0.1) is 5.92 Å². The highest BCUT2D eigenvalue weighted by Crippen LogP contribution is 2.15. The molecule has 0 saturated carbocycles. The molecule has 9 heteroatoms. The van der Waals surface area contributed by atoms with E-state index in [9.17, 15) is 0 Å². The van der Waals surface area contributed by atoms with Gasteiger partial charge in [0.15, 0.2) is 0 Å². The van der Waals surface area contributed by atoms with E-state index in [1.54, 1.807) is 18.7 Å². The largest absolute Gasteiger partial charge is 0.337 e. The zero-order valence-corrected chi connectivity index (χ0v) is 10.1. The number of hydrogen-bond acceptors (Lipinski definition) is 6. The molecule has 3 rings (SSSR count). The molecular formula is C10H12N9. The SMILES string of the molecule is c1cn(C[C](Cc2c[nH]nn2)Cc2nnn[nH]2)cn1. The normalized spacial score (nSPS) is 11.2. The van der Waals surface area contributed by atoms with Gasteiger partial charge in [-0.3, -0.25) is 5.10 Å². The molecule has 0 fully saturated rings. The van der Waals surface area contributed by atoms with E-state index in [1.165, 1.54) is 5.92 Å². The van der Waals surface area contributed by atoms with Crippen LogP contribution < -0.4 is 0 Å². The smallest absolute Gasteiger partial charge is 0.149 e. The van der Waals surface area contributed by atoms with Crippen LogP contribution in [-0.4, -0.2) is 45.6 Å². The lowest BCUT2D eigenvalue weighted by atomic mass is 9.99. The maximum atomic E-state index is 4.04. The number of imidazole rings is 1. The van der Waals surface area contributed by atoms with E-state index >= 15 is 0 Å². The highest BCUT2D eigenvalue weighted by Gasteiger charge is 2.15. The molecule has 0 bridgehead atoms. The minimum absolute atomic E-state index is 0.665. The second-order valence-corrected chi connectivity index (χ2v) is 4.15. The molecule has 0 amide bonds. The van der Waals surface area contributed by atoms with Crippen LogP contribution in [-0.2, 0) is 19.4 Å². The van der Waals surface area contributed by atoms with Crippen molar-refractivity contribution >= 4 is 0 Å². The number of rotatable bonds is 6. The molecule has 3 aromatic rings. The van der Waals surface area contributed by atoms with Gasteiger partial charge >= 0.3 is 0 Å². The quantitative estimate of drug-likeness (QED) is 0.620. The summed E-state index contributed by atoms with van der Waals surface area (Å²) < 4.78 is 2.00. The van der Waals surface area contributed by atoms with E-state index in [0.29, 0.717) is 6.42 Å². The van der Waals surface area contributed by atoms with Crippen LogP contribution in [0.5, 0.6) is 0 Å². The lowest BCUT2D eigenvalue weighted by Gasteiger charge is -2.13. The van der Waals surface area contributed by atoms with E-state index in [4.69, 9.17) is 0 Å². The second-order valence-electron chi connectivity index (χ2n) is 4.15. The van der Waals surface area contributed by atoms with Gasteiger partial charge < -0.3 is 4.57 Å². The average molecular weight is 258 g/mol. The lowest BCUT2D eigenvalue weighted by molar-refractivity contribution is 0.631. The molecule has 3 heterocycles. The molecule has 0 unspecified atom stereocenters. The van der Waals surface area contributed by atoms with Gasteiger partial charge in [0.25, 0.3) is 0 Å². The first-order valence-electron chi connectivity index (χ1n) is 5.77. The molecule has 1 radical (unpaired) electrons. The fourth-order valence-corrected chi connectivity index (χ4v) is 1.87. The van der Waals surface area contributed by atoms with Gasteiger partial charge in [0.05, 0.1) is 12.0 Å². The van der Waals surface area contributed by atoms with Crippen LogP contribution in [0.15, 0.2) is 24.9 Å². The topological polar surface area (TPSA) is 114 Å². The highest BCUT2D eigenvalue weighted by atomic mass is 15.5. The first kappa shape index (κ1) is 11.5. The molecular weight excluding hydrogens is 246 g/mol. The Morgan fingerprint density at radius 2 is 2.21 bits per heavy atom. The fraction of sp³-hybridized carbons (Fsp3) is 0.300. The highest BCUT2D eigenvalue weighted by molar-refractivity contribution is 5.08. The molecule has 0 atom stereocenters. The molecule has 0 aliphatic heterocycles. The zero-order valence-electron chi connectivity index (χ0n) is 10.1. The molecule has 0 saturated heterocycles. The number of hydrogen-bond donors (Lipinski definition) is 2. The Labute approximate surface area is 108 Å². The number of aromatic amines is 2. The third-order valence-electron chi connectivity index (χ3n) is 2.67. The minimum atomic E-state index is 0.665. The summed E-state index contributed by atoms with van der Waals surface area (Å²) in [6.45, 7) is 0.744. The molecule has 3 aromatic heterocycles. The maximum absolute atomic E-state index is 4.04. The Bertz CT molecular complexity index is 482. The number of tetrazole rings is 1. The summed E-state index contributed by atoms with van der Waals surface area (Å²) in [4.78, 5) is 4.04. The molecule has 9 nitrogen and oxygen atoms in total. The van der Waals surface area contributed by atoms with E-state index in [-0.39, 0.29) is 0 Å². The van der Waals surface area contributed by atoms with Crippen LogP contribution in [0.2, 0.25) is 0 Å². The van der Waals surface area contributed by atoms with Crippen LogP contribution in [0.25, 0.3) is 0 Å². The molecule has 0 aliphatic rings. The lowest BCUT2D eigenvalue weighted by Crippen LogP contribution is -2.14. The van der Waals surface area contributed by atoms with Gasteiger partial charge in [0.1, 0.15) is 5.82 Å². The Hall–Kier alpha value is -2.58. The van der Waals surface area contributed by atoms with E-state index < -0.39 is 0 Å². The van der Waals surface area contributed by atoms with Crippen molar-refractivity contribution in [1.29, 1.82) is 0 Å². The van der Waals surface area contributed by atoms with Crippen molar-refractivity contribution in [3.8, 4) is 0 Å². The van der Waals surface area contributed by atoms with Gasteiger partial charge in [0, 0.05) is 43.9 Å². The van der Waals surface area contributed by atoms with Gasteiger partial charge in [-0.1, -0.05) is 5.21 Å². The van der Waals surface area contributed by atoms with E-state index in [1.807, 2.05) is 10.8 Å². The molecule has 97 valence electrons. The Kier molecular flexibility index (Phi) is 3.26. The molecule has 2 N–H and O–H groups in total. The van der Waals surface area contributed by atoms with Gasteiger partial charge in [0.2, 0.25) is 0 Å². The predicted molar refractivity (Wildman–Crippen MR) is 63.4 cm³/mol. The first-order valence-corrected chi connectivity index (χ1v) is 5.77. The fourth-order valence-electron chi connectivity index (χ4n) is 1.87. The first-order chi connectivity index (χ1) is 9.40. The van der Waals surface area contributed by atoms with Crippen LogP contribution in [0.1, 0.15) is 11.5 Å². The van der Waals surface area contributed by atoms with Crippen LogP contribution >= 0.6 is 0 Å². The van der Waals surface area contributed by atoms with E-state index in [2.05, 4.69) is 41.0 Å². The number of H-pyrrole nitrogens is 2. The van der Waals surface area contributed by atoms with Crippen LogP contribution in [0.3, 0.4) is 0 Å². The molecule has 0 aliphatic carbocycles. The van der Waals surface area contributed by atoms with Crippen molar-refractivity contribution in [3.05, 3.63) is 42.4 Å². The van der Waals surface area contributed by atoms with Crippen molar-refractivity contribution < 1.29 is 0 Å². The van der Waals surface area contributed by atoms with Crippen molar-refractivity contribution in [2.75, 3.05) is 0 Å². The summed E-state index contributed by atoms with van der Waals surface area (Å²) in [6.07, 6.45) is 8.62. The average Bonchev–Trinajstić information content (AvgIpc) is 3.10. The van der Waals surface area contributed by atoms with Crippen molar-refractivity contribution in [2.45, 2.75) is 19.4 Å². The summed E-state index contributed by atoms with van der Waals surface area (Å²) in [7, 11) is 0. The van der Waals surface area contributed by atoms with Gasteiger partial charge in [-0.25, -0.2) is 10.1 Å². The zero-order chi connectivity index (χ0) is 12.9. The predicted octanol–water partition coefficient (Wildman–Crippen LogP) is -0.426. The van der Waals surface area contributed by atoms with Crippen molar-refractivity contribution in [1.82, 2.24) is 45.6 Å². The van der Waals surface area contributed by atoms with Crippen molar-refractivity contribution in [3.63, 3.8) is 0 Å². The molecule has 0 spiro atoms. The summed E-state index contributed by atoms with van der Waals surface area (Å²) in [5.74, 6) is 1.95. The number of nitrogens with one attached hydrogen (secondary N) is 2. The second kappa shape index (κ2) is 5.38. The molecule has 19 heavy (non-hydrogen) atoms. The molecule has 0 aromatic carbocycles. The summed E-state index contributed by atoms with van der Waals surface area (Å²) in [6, 6.07) is 0. The van der Waals surface area contributed by atoms with Crippen LogP contribution in [0.4, 0.5) is 0 Å². The standard InChI is InChI=1S/C10H12N9/c1-2-19(7-11-1)6-8(3-9-5-12-16-13-9)4-10-14-17-18-15-10/h1-2,5,7H,3-4,6H2,(H,12,13,16)(H,14,15,17,18). The third-order valence-corrected chi connectivity index (χ3v) is 2.67. The Morgan fingerprint density at radius 1 is 1.21 bits per heavy atom. The summed E-state index contributed by atoms with van der Waals surface area (Å²) in [5.41, 5.74) is 0.891. The Morgan fingerprint density at radius 3 is 2.89 bits per heavy atom. The van der Waals surface area contributed by atoms with Gasteiger partial charge in [-0.2, -0.15) is 0 Å². The minimum Gasteiger partial charge on any atom is -0.337 e. The maximum Gasteiger partial charge on any atom is 0.149 e. The third kappa shape index (κ3) is 3.00. The Balaban J connectivity index is 1.70. The van der Waals surface area contributed by atoms with Gasteiger partial charge in [-0.15, -0.1) is 10.2 Å². The number of aromatic nitrogens is 9. The van der Waals surface area contributed by atoms with Gasteiger partial charge in [-0.05, 0) is 10.4 Å². The monoisotopic (exact) mass is 258 g/mol. The summed E-state index contributed by atoms with van der Waals surface area (Å²) >= 11 is 0.